The van der Waals surface area contributed by atoms with E-state index >= 15 is 0 Å². The lowest BCUT2D eigenvalue weighted by Gasteiger charge is -2.44. The monoisotopic (exact) mass is 683 g/mol. The van der Waals surface area contributed by atoms with Gasteiger partial charge in [-0.2, -0.15) is 0 Å². The van der Waals surface area contributed by atoms with Gasteiger partial charge >= 0.3 is 0 Å². The second-order valence-electron chi connectivity index (χ2n) is 15.1. The van der Waals surface area contributed by atoms with Crippen molar-refractivity contribution in [2.45, 2.75) is 69.4 Å². The van der Waals surface area contributed by atoms with E-state index in [-0.39, 0.29) is 18.7 Å². The van der Waals surface area contributed by atoms with Crippen molar-refractivity contribution in [2.24, 2.45) is 5.92 Å². The second kappa shape index (κ2) is 13.5. The van der Waals surface area contributed by atoms with Crippen molar-refractivity contribution in [3.8, 4) is 5.75 Å². The number of nitrogens with two attached hydrogens (primary N) is 1. The van der Waals surface area contributed by atoms with Gasteiger partial charge in [-0.1, -0.05) is 0 Å². The summed E-state index contributed by atoms with van der Waals surface area (Å²) >= 11 is 0. The van der Waals surface area contributed by atoms with Crippen molar-refractivity contribution in [3.63, 3.8) is 0 Å². The highest BCUT2D eigenvalue weighted by molar-refractivity contribution is 6.23. The molecule has 0 aromatic heterocycles. The number of carbonyl (C=O) groups is 4. The summed E-state index contributed by atoms with van der Waals surface area (Å²) in [4.78, 5) is 61.6. The Labute approximate surface area is 293 Å². The fourth-order valence-corrected chi connectivity index (χ4v) is 8.96. The van der Waals surface area contributed by atoms with Gasteiger partial charge in [0.15, 0.2) is 0 Å². The molecule has 5 fully saturated rings. The number of nitrogens with zero attached hydrogens (tertiary/aromatic N) is 5. The fraction of sp³-hybridized carbons (Fsp3) is 0.579. The number of imide groups is 2. The van der Waals surface area contributed by atoms with Crippen molar-refractivity contribution >= 4 is 40.7 Å². The predicted octanol–water partition coefficient (Wildman–Crippen LogP) is 3.06. The van der Waals surface area contributed by atoms with Gasteiger partial charge in [-0.3, -0.25) is 34.3 Å². The number of fused-ring (bicyclic) bond motifs is 1. The quantitative estimate of drug-likeness (QED) is 0.316. The number of piperazine rings is 1. The normalized spacial score (nSPS) is 24.6. The third-order valence-corrected chi connectivity index (χ3v) is 12.0. The first-order valence-electron chi connectivity index (χ1n) is 18.6. The molecule has 2 aromatic carbocycles. The number of ether oxygens (including phenoxy) is 1. The Hall–Kier alpha value is -4.16. The maximum atomic E-state index is 13.3. The van der Waals surface area contributed by atoms with E-state index in [1.165, 1.54) is 62.9 Å². The standard InChI is InChI=1S/C38H49N7O5/c1-50-34-22-33(29(21-31(34)39)25-2-3-25)44-14-10-26(11-15-44)42-12-8-24(9-13-42)23-41-16-18-43(19-17-41)27-4-5-28-30(20-27)38(49)45(37(28)48)32-6-7-35(46)40-36(32)47/h4-5,20-22,24-26,32H,2-3,6-19,23,39H2,1H3,(H,40,46,47). The van der Waals surface area contributed by atoms with Crippen LogP contribution in [0.4, 0.5) is 17.1 Å². The topological polar surface area (TPSA) is 132 Å². The minimum atomic E-state index is -0.947. The zero-order valence-corrected chi connectivity index (χ0v) is 29.1. The zero-order chi connectivity index (χ0) is 34.5. The number of rotatable bonds is 8. The molecule has 1 saturated carbocycles. The van der Waals surface area contributed by atoms with Gasteiger partial charge in [0.2, 0.25) is 11.8 Å². The summed E-state index contributed by atoms with van der Waals surface area (Å²) in [6.45, 7) is 9.28. The average molecular weight is 684 g/mol. The molecule has 0 spiro atoms. The Kier molecular flexibility index (Phi) is 8.93. The van der Waals surface area contributed by atoms with E-state index in [1.54, 1.807) is 19.2 Å². The maximum absolute atomic E-state index is 13.3. The largest absolute Gasteiger partial charge is 0.495 e. The van der Waals surface area contributed by atoms with E-state index in [4.69, 9.17) is 10.5 Å². The summed E-state index contributed by atoms with van der Waals surface area (Å²) in [6.07, 6.45) is 7.66. The van der Waals surface area contributed by atoms with Crippen molar-refractivity contribution in [2.75, 3.05) is 81.5 Å². The number of piperidine rings is 3. The van der Waals surface area contributed by atoms with Crippen molar-refractivity contribution in [1.29, 1.82) is 0 Å². The van der Waals surface area contributed by atoms with Crippen LogP contribution in [0.2, 0.25) is 0 Å². The first-order chi connectivity index (χ1) is 24.3. The minimum Gasteiger partial charge on any atom is -0.495 e. The number of methoxy groups -OCH3 is 1. The molecule has 266 valence electrons. The lowest BCUT2D eigenvalue weighted by molar-refractivity contribution is -0.136. The number of nitrogen functional groups attached to an aromatic ring is 1. The summed E-state index contributed by atoms with van der Waals surface area (Å²) in [5, 5.41) is 2.26. The molecule has 12 nitrogen and oxygen atoms in total. The van der Waals surface area contributed by atoms with Crippen LogP contribution in [0.15, 0.2) is 30.3 Å². The number of anilines is 3. The number of nitrogens with one attached hydrogen (secondary N) is 1. The zero-order valence-electron chi connectivity index (χ0n) is 29.1. The molecule has 8 rings (SSSR count). The lowest BCUT2D eigenvalue weighted by Crippen LogP contribution is -2.54. The Morgan fingerprint density at radius 2 is 1.50 bits per heavy atom. The molecule has 50 heavy (non-hydrogen) atoms. The lowest BCUT2D eigenvalue weighted by atomic mass is 9.92. The summed E-state index contributed by atoms with van der Waals surface area (Å²) in [5.74, 6) is 0.264. The number of amides is 4. The van der Waals surface area contributed by atoms with Gasteiger partial charge in [-0.05, 0) is 99.7 Å². The van der Waals surface area contributed by atoms with Crippen LogP contribution in [0.1, 0.15) is 83.6 Å². The van der Waals surface area contributed by atoms with Crippen LogP contribution < -0.4 is 25.6 Å². The highest BCUT2D eigenvalue weighted by Crippen LogP contribution is 2.47. The van der Waals surface area contributed by atoms with Crippen LogP contribution in [0.25, 0.3) is 0 Å². The van der Waals surface area contributed by atoms with E-state index < -0.39 is 23.8 Å². The predicted molar refractivity (Wildman–Crippen MR) is 191 cm³/mol. The molecular formula is C38H49N7O5. The molecule has 0 bridgehead atoms. The van der Waals surface area contributed by atoms with E-state index in [0.29, 0.717) is 29.0 Å². The van der Waals surface area contributed by atoms with Crippen LogP contribution in [-0.4, -0.2) is 116 Å². The summed E-state index contributed by atoms with van der Waals surface area (Å²) in [6, 6.07) is 9.45. The molecule has 1 unspecified atom stereocenters. The summed E-state index contributed by atoms with van der Waals surface area (Å²) in [7, 11) is 1.70. The first kappa shape index (κ1) is 33.0. The Bertz CT molecular complexity index is 1670. The van der Waals surface area contributed by atoms with Gasteiger partial charge in [0.25, 0.3) is 11.8 Å². The van der Waals surface area contributed by atoms with Gasteiger partial charge in [0, 0.05) is 75.7 Å². The van der Waals surface area contributed by atoms with E-state index in [2.05, 4.69) is 37.0 Å². The highest BCUT2D eigenvalue weighted by atomic mass is 16.5. The second-order valence-corrected chi connectivity index (χ2v) is 15.1. The third-order valence-electron chi connectivity index (χ3n) is 12.0. The first-order valence-corrected chi connectivity index (χ1v) is 18.6. The highest BCUT2D eigenvalue weighted by Gasteiger charge is 2.45. The molecule has 12 heteroatoms. The molecule has 5 heterocycles. The molecular weight excluding hydrogens is 634 g/mol. The maximum Gasteiger partial charge on any atom is 0.262 e. The molecule has 6 aliphatic rings. The molecule has 4 saturated heterocycles. The van der Waals surface area contributed by atoms with Crippen LogP contribution in [0.5, 0.6) is 5.75 Å². The van der Waals surface area contributed by atoms with Crippen LogP contribution in [-0.2, 0) is 9.59 Å². The van der Waals surface area contributed by atoms with E-state index in [0.717, 1.165) is 67.8 Å². The van der Waals surface area contributed by atoms with Gasteiger partial charge in [-0.25, -0.2) is 0 Å². The Morgan fingerprint density at radius 1 is 0.780 bits per heavy atom. The van der Waals surface area contributed by atoms with Gasteiger partial charge in [0.1, 0.15) is 11.8 Å². The molecule has 1 aliphatic carbocycles. The van der Waals surface area contributed by atoms with Crippen LogP contribution in [0.3, 0.4) is 0 Å². The van der Waals surface area contributed by atoms with E-state index in [9.17, 15) is 19.2 Å². The van der Waals surface area contributed by atoms with Gasteiger partial charge in [-0.15, -0.1) is 0 Å². The number of likely N-dealkylation sites (tertiary alicyclic amines) is 1. The van der Waals surface area contributed by atoms with E-state index in [1.807, 2.05) is 6.07 Å². The molecule has 2 aromatic rings. The number of hydrogen-bond donors (Lipinski definition) is 2. The van der Waals surface area contributed by atoms with Gasteiger partial charge < -0.3 is 25.2 Å². The molecule has 0 radical (unpaired) electrons. The Balaban J connectivity index is 0.797. The number of carbonyl (C=O) groups excluding carboxylic acids is 4. The van der Waals surface area contributed by atoms with Crippen LogP contribution in [0, 0.1) is 5.92 Å². The smallest absolute Gasteiger partial charge is 0.262 e. The average Bonchev–Trinajstić information content (AvgIpc) is 3.95. The summed E-state index contributed by atoms with van der Waals surface area (Å²) in [5.41, 5.74) is 11.3. The molecule has 4 amide bonds. The molecule has 5 aliphatic heterocycles. The molecule has 3 N–H and O–H groups in total. The van der Waals surface area contributed by atoms with Crippen molar-refractivity contribution in [1.82, 2.24) is 20.0 Å². The summed E-state index contributed by atoms with van der Waals surface area (Å²) < 4.78 is 5.58. The SMILES string of the molecule is COc1cc(N2CCC(N3CCC(CN4CCN(c5ccc6c(c5)C(=O)N(C5CCC(=O)NC5=O)C6=O)CC4)CC3)CC2)c(C2CC2)cc1N. The van der Waals surface area contributed by atoms with Crippen molar-refractivity contribution < 1.29 is 23.9 Å². The van der Waals surface area contributed by atoms with Gasteiger partial charge in [0.05, 0.1) is 23.9 Å². The van der Waals surface area contributed by atoms with Crippen molar-refractivity contribution in [3.05, 3.63) is 47.0 Å². The third kappa shape index (κ3) is 6.32. The van der Waals surface area contributed by atoms with Crippen LogP contribution >= 0.6 is 0 Å². The Morgan fingerprint density at radius 3 is 2.18 bits per heavy atom. The molecule has 1 atom stereocenters. The fourth-order valence-electron chi connectivity index (χ4n) is 8.96. The number of hydrogen-bond acceptors (Lipinski definition) is 10. The number of benzene rings is 2. The minimum absolute atomic E-state index is 0.112.